The van der Waals surface area contributed by atoms with E-state index in [1.807, 2.05) is 0 Å². The molecular weight excluding hydrogens is 290 g/mol. The van der Waals surface area contributed by atoms with Crippen molar-refractivity contribution >= 4 is 28.1 Å². The summed E-state index contributed by atoms with van der Waals surface area (Å²) in [6.45, 7) is 0.115. The molecule has 106 valence electrons. The lowest BCUT2D eigenvalue weighted by molar-refractivity contribution is 0.638. The average Bonchev–Trinajstić information content (AvgIpc) is 2.48. The minimum absolute atomic E-state index is 0.115. The van der Waals surface area contributed by atoms with Crippen molar-refractivity contribution in [3.8, 4) is 0 Å². The number of anilines is 1. The van der Waals surface area contributed by atoms with E-state index in [1.165, 1.54) is 4.68 Å². The number of benzene rings is 2. The van der Waals surface area contributed by atoms with Crippen molar-refractivity contribution in [2.45, 2.75) is 6.54 Å². The highest BCUT2D eigenvalue weighted by Gasteiger charge is 2.10. The largest absolute Gasteiger partial charge is 0.398 e. The normalized spacial score (nSPS) is 10.9. The first-order valence-electron chi connectivity index (χ1n) is 6.32. The molecule has 2 aromatic carbocycles. The molecule has 0 aliphatic carbocycles. The third kappa shape index (κ3) is 2.32. The first-order valence-corrected chi connectivity index (χ1v) is 6.70. The Bertz CT molecular complexity index is 923. The van der Waals surface area contributed by atoms with Crippen molar-refractivity contribution in [2.75, 3.05) is 5.73 Å². The van der Waals surface area contributed by atoms with Gasteiger partial charge in [-0.3, -0.25) is 14.7 Å². The van der Waals surface area contributed by atoms with E-state index in [9.17, 15) is 9.59 Å². The average molecular weight is 302 g/mol. The number of fused-ring (bicyclic) bond motifs is 1. The van der Waals surface area contributed by atoms with Gasteiger partial charge in [0.15, 0.2) is 0 Å². The minimum atomic E-state index is -0.323. The number of nitrogens with zero attached hydrogens (tertiary/aromatic N) is 1. The molecule has 0 atom stereocenters. The lowest BCUT2D eigenvalue weighted by atomic mass is 10.1. The van der Waals surface area contributed by atoms with Gasteiger partial charge in [-0.05, 0) is 24.3 Å². The first kappa shape index (κ1) is 13.5. The Morgan fingerprint density at radius 2 is 1.76 bits per heavy atom. The van der Waals surface area contributed by atoms with Gasteiger partial charge in [0.2, 0.25) is 0 Å². The number of nitrogens with two attached hydrogens (primary N) is 1. The number of aromatic amines is 1. The molecule has 1 aromatic heterocycles. The Balaban J connectivity index is 2.21. The molecule has 0 fully saturated rings. The monoisotopic (exact) mass is 301 g/mol. The van der Waals surface area contributed by atoms with Crippen LogP contribution >= 0.6 is 11.6 Å². The van der Waals surface area contributed by atoms with Crippen LogP contribution in [0.15, 0.2) is 52.1 Å². The number of hydrogen-bond acceptors (Lipinski definition) is 3. The smallest absolute Gasteiger partial charge is 0.273 e. The van der Waals surface area contributed by atoms with Crippen LogP contribution in [-0.4, -0.2) is 9.78 Å². The van der Waals surface area contributed by atoms with Gasteiger partial charge in [-0.1, -0.05) is 29.8 Å². The molecule has 0 radical (unpaired) electrons. The summed E-state index contributed by atoms with van der Waals surface area (Å²) in [7, 11) is 0. The second kappa shape index (κ2) is 5.10. The van der Waals surface area contributed by atoms with Crippen LogP contribution in [0.4, 0.5) is 5.69 Å². The van der Waals surface area contributed by atoms with E-state index in [4.69, 9.17) is 17.3 Å². The molecular formula is C15H12ClN3O2. The molecule has 1 heterocycles. The highest BCUT2D eigenvalue weighted by molar-refractivity contribution is 6.31. The number of hydrogen-bond donors (Lipinski definition) is 2. The van der Waals surface area contributed by atoms with Crippen molar-refractivity contribution in [3.63, 3.8) is 0 Å². The van der Waals surface area contributed by atoms with Gasteiger partial charge in [0.05, 0.1) is 17.3 Å². The fourth-order valence-electron chi connectivity index (χ4n) is 2.26. The number of rotatable bonds is 2. The maximum atomic E-state index is 12.4. The van der Waals surface area contributed by atoms with Gasteiger partial charge in [-0.15, -0.1) is 0 Å². The van der Waals surface area contributed by atoms with E-state index in [-0.39, 0.29) is 17.7 Å². The summed E-state index contributed by atoms with van der Waals surface area (Å²) in [6, 6.07) is 11.8. The predicted molar refractivity (Wildman–Crippen MR) is 83.8 cm³/mol. The maximum absolute atomic E-state index is 12.4. The summed E-state index contributed by atoms with van der Waals surface area (Å²) < 4.78 is 1.22. The van der Waals surface area contributed by atoms with Crippen molar-refractivity contribution in [3.05, 3.63) is 73.8 Å². The molecule has 21 heavy (non-hydrogen) atoms. The highest BCUT2D eigenvalue weighted by Crippen LogP contribution is 2.22. The van der Waals surface area contributed by atoms with Gasteiger partial charge in [0.1, 0.15) is 0 Å². The number of nitrogen functional groups attached to an aromatic ring is 1. The van der Waals surface area contributed by atoms with Crippen LogP contribution < -0.4 is 16.9 Å². The summed E-state index contributed by atoms with van der Waals surface area (Å²) in [6.07, 6.45) is 0. The molecule has 3 N–H and O–H groups in total. The van der Waals surface area contributed by atoms with Gasteiger partial charge in [-0.2, -0.15) is 0 Å². The molecule has 0 bridgehead atoms. The van der Waals surface area contributed by atoms with Gasteiger partial charge in [0.25, 0.3) is 11.1 Å². The van der Waals surface area contributed by atoms with Gasteiger partial charge in [-0.25, -0.2) is 4.68 Å². The lowest BCUT2D eigenvalue weighted by Crippen LogP contribution is -2.30. The van der Waals surface area contributed by atoms with Crippen LogP contribution in [0.25, 0.3) is 10.8 Å². The van der Waals surface area contributed by atoms with Crippen molar-refractivity contribution < 1.29 is 0 Å². The first-order chi connectivity index (χ1) is 10.1. The fourth-order valence-corrected chi connectivity index (χ4v) is 2.50. The molecule has 3 aromatic rings. The minimum Gasteiger partial charge on any atom is -0.398 e. The molecule has 6 heteroatoms. The SMILES string of the molecule is Nc1cccc(Cl)c1Cn1[nH]c(=O)c2ccccc2c1=O. The summed E-state index contributed by atoms with van der Waals surface area (Å²) in [4.78, 5) is 24.4. The standard InChI is InChI=1S/C15H12ClN3O2/c16-12-6-3-7-13(17)11(12)8-19-15(21)10-5-2-1-4-9(10)14(20)18-19/h1-7H,8,17H2,(H,18,20). The molecule has 0 aliphatic heterocycles. The number of aromatic nitrogens is 2. The maximum Gasteiger partial charge on any atom is 0.273 e. The molecule has 0 saturated carbocycles. The molecule has 0 amide bonds. The summed E-state index contributed by atoms with van der Waals surface area (Å²) in [5.41, 5.74) is 6.35. The van der Waals surface area contributed by atoms with E-state index in [0.717, 1.165) is 0 Å². The zero-order valence-electron chi connectivity index (χ0n) is 11.0. The van der Waals surface area contributed by atoms with E-state index in [0.29, 0.717) is 27.0 Å². The Morgan fingerprint density at radius 1 is 1.05 bits per heavy atom. The van der Waals surface area contributed by atoms with E-state index in [2.05, 4.69) is 5.10 Å². The Labute approximate surface area is 124 Å². The van der Waals surface area contributed by atoms with Crippen LogP contribution in [-0.2, 0) is 6.54 Å². The Kier molecular flexibility index (Phi) is 3.27. The highest BCUT2D eigenvalue weighted by atomic mass is 35.5. The summed E-state index contributed by atoms with van der Waals surface area (Å²) >= 11 is 6.10. The summed E-state index contributed by atoms with van der Waals surface area (Å²) in [5, 5.41) is 3.74. The Hall–Kier alpha value is -2.53. The zero-order valence-corrected chi connectivity index (χ0v) is 11.7. The topological polar surface area (TPSA) is 80.9 Å². The van der Waals surface area contributed by atoms with Crippen LogP contribution in [0.3, 0.4) is 0 Å². The summed E-state index contributed by atoms with van der Waals surface area (Å²) in [5.74, 6) is 0. The number of nitrogens with one attached hydrogen (secondary N) is 1. The second-order valence-corrected chi connectivity index (χ2v) is 5.09. The van der Waals surface area contributed by atoms with Crippen molar-refractivity contribution in [1.29, 1.82) is 0 Å². The molecule has 5 nitrogen and oxygen atoms in total. The third-order valence-electron chi connectivity index (χ3n) is 3.36. The van der Waals surface area contributed by atoms with Crippen molar-refractivity contribution in [1.82, 2.24) is 9.78 Å². The quantitative estimate of drug-likeness (QED) is 0.710. The van der Waals surface area contributed by atoms with Crippen LogP contribution in [0.1, 0.15) is 5.56 Å². The second-order valence-electron chi connectivity index (χ2n) is 4.69. The van der Waals surface area contributed by atoms with Crippen LogP contribution in [0, 0.1) is 0 Å². The zero-order chi connectivity index (χ0) is 15.0. The van der Waals surface area contributed by atoms with Crippen LogP contribution in [0.5, 0.6) is 0 Å². The molecule has 0 aliphatic rings. The Morgan fingerprint density at radius 3 is 2.48 bits per heavy atom. The lowest BCUT2D eigenvalue weighted by Gasteiger charge is -2.10. The van der Waals surface area contributed by atoms with E-state index < -0.39 is 0 Å². The van der Waals surface area contributed by atoms with Crippen molar-refractivity contribution in [2.24, 2.45) is 0 Å². The molecule has 0 saturated heterocycles. The number of halogens is 1. The van der Waals surface area contributed by atoms with E-state index >= 15 is 0 Å². The van der Waals surface area contributed by atoms with Gasteiger partial charge < -0.3 is 5.73 Å². The van der Waals surface area contributed by atoms with E-state index in [1.54, 1.807) is 42.5 Å². The van der Waals surface area contributed by atoms with Gasteiger partial charge >= 0.3 is 0 Å². The third-order valence-corrected chi connectivity index (χ3v) is 3.71. The molecule has 0 unspecified atom stereocenters. The number of H-pyrrole nitrogens is 1. The molecule has 3 rings (SSSR count). The van der Waals surface area contributed by atoms with Gasteiger partial charge in [0, 0.05) is 16.3 Å². The van der Waals surface area contributed by atoms with Crippen LogP contribution in [0.2, 0.25) is 5.02 Å². The molecule has 0 spiro atoms. The fraction of sp³-hybridized carbons (Fsp3) is 0.0667. The predicted octanol–water partition coefficient (Wildman–Crippen LogP) is 1.97.